The third-order valence-corrected chi connectivity index (χ3v) is 6.92. The number of nitrogens with zero attached hydrogens (tertiary/aromatic N) is 1. The number of amides is 2. The minimum Gasteiger partial charge on any atom is -0.353 e. The van der Waals surface area contributed by atoms with Gasteiger partial charge in [0.25, 0.3) is 0 Å². The van der Waals surface area contributed by atoms with Gasteiger partial charge in [-0.3, -0.25) is 14.5 Å². The van der Waals surface area contributed by atoms with Gasteiger partial charge < -0.3 is 10.6 Å². The predicted octanol–water partition coefficient (Wildman–Crippen LogP) is 2.46. The molecule has 5 nitrogen and oxygen atoms in total. The molecule has 2 saturated carbocycles. The molecule has 2 bridgehead atoms. The number of rotatable bonds is 6. The SMILES string of the molecule is CC(NC(=O)CC1C(=O)NCCN1Cc1cccc(F)c1)C1CC2CCC1C2. The Morgan fingerprint density at radius 2 is 2.21 bits per heavy atom. The van der Waals surface area contributed by atoms with Gasteiger partial charge in [0.1, 0.15) is 5.82 Å². The van der Waals surface area contributed by atoms with E-state index in [1.54, 1.807) is 6.07 Å². The van der Waals surface area contributed by atoms with E-state index in [1.165, 1.54) is 37.8 Å². The van der Waals surface area contributed by atoms with Crippen LogP contribution in [0, 0.1) is 23.6 Å². The Balaban J connectivity index is 1.36. The number of nitrogens with one attached hydrogen (secondary N) is 2. The summed E-state index contributed by atoms with van der Waals surface area (Å²) < 4.78 is 13.5. The number of carbonyl (C=O) groups is 2. The molecule has 1 aromatic carbocycles. The normalized spacial score (nSPS) is 30.9. The number of fused-ring (bicyclic) bond motifs is 2. The molecule has 1 aliphatic heterocycles. The van der Waals surface area contributed by atoms with Gasteiger partial charge in [-0.25, -0.2) is 4.39 Å². The monoisotopic (exact) mass is 387 g/mol. The Hall–Kier alpha value is -1.95. The molecule has 3 fully saturated rings. The van der Waals surface area contributed by atoms with Crippen LogP contribution in [0.4, 0.5) is 4.39 Å². The summed E-state index contributed by atoms with van der Waals surface area (Å²) in [5, 5.41) is 6.02. The predicted molar refractivity (Wildman–Crippen MR) is 105 cm³/mol. The third-order valence-electron chi connectivity index (χ3n) is 6.92. The van der Waals surface area contributed by atoms with Crippen LogP contribution >= 0.6 is 0 Å². The molecule has 1 aromatic rings. The molecule has 152 valence electrons. The lowest BCUT2D eigenvalue weighted by molar-refractivity contribution is -0.134. The molecule has 5 atom stereocenters. The topological polar surface area (TPSA) is 61.4 Å². The summed E-state index contributed by atoms with van der Waals surface area (Å²) in [6, 6.07) is 6.07. The van der Waals surface area contributed by atoms with Crippen molar-refractivity contribution < 1.29 is 14.0 Å². The highest BCUT2D eigenvalue weighted by Crippen LogP contribution is 2.49. The largest absolute Gasteiger partial charge is 0.353 e. The molecular weight excluding hydrogens is 357 g/mol. The molecule has 28 heavy (non-hydrogen) atoms. The van der Waals surface area contributed by atoms with Gasteiger partial charge in [-0.2, -0.15) is 0 Å². The minimum absolute atomic E-state index is 0.0680. The van der Waals surface area contributed by atoms with Crippen LogP contribution < -0.4 is 10.6 Å². The van der Waals surface area contributed by atoms with Gasteiger partial charge in [0, 0.05) is 25.7 Å². The van der Waals surface area contributed by atoms with Gasteiger partial charge in [-0.05, 0) is 61.6 Å². The van der Waals surface area contributed by atoms with Crippen molar-refractivity contribution in [1.29, 1.82) is 0 Å². The Labute approximate surface area is 166 Å². The van der Waals surface area contributed by atoms with Crippen LogP contribution in [0.1, 0.15) is 44.6 Å². The fourth-order valence-corrected chi connectivity index (χ4v) is 5.54. The molecule has 4 rings (SSSR count). The number of piperazine rings is 1. The summed E-state index contributed by atoms with van der Waals surface area (Å²) in [4.78, 5) is 27.1. The Morgan fingerprint density at radius 3 is 2.93 bits per heavy atom. The van der Waals surface area contributed by atoms with Crippen molar-refractivity contribution in [3.05, 3.63) is 35.6 Å². The molecule has 2 N–H and O–H groups in total. The van der Waals surface area contributed by atoms with E-state index in [2.05, 4.69) is 17.6 Å². The highest BCUT2D eigenvalue weighted by atomic mass is 19.1. The van der Waals surface area contributed by atoms with Gasteiger partial charge in [0.05, 0.1) is 12.5 Å². The fourth-order valence-electron chi connectivity index (χ4n) is 5.54. The summed E-state index contributed by atoms with van der Waals surface area (Å²) in [6.45, 7) is 3.77. The Bertz CT molecular complexity index is 740. The van der Waals surface area contributed by atoms with E-state index in [-0.39, 0.29) is 30.1 Å². The van der Waals surface area contributed by atoms with E-state index in [9.17, 15) is 14.0 Å². The number of hydrogen-bond donors (Lipinski definition) is 2. The highest BCUT2D eigenvalue weighted by Gasteiger charge is 2.42. The first kappa shape index (κ1) is 19.4. The number of benzene rings is 1. The lowest BCUT2D eigenvalue weighted by Gasteiger charge is -2.35. The Kier molecular flexibility index (Phi) is 5.67. The maximum absolute atomic E-state index is 13.5. The molecule has 0 radical (unpaired) electrons. The van der Waals surface area contributed by atoms with Gasteiger partial charge in [0.2, 0.25) is 11.8 Å². The van der Waals surface area contributed by atoms with Crippen molar-refractivity contribution in [2.75, 3.05) is 13.1 Å². The van der Waals surface area contributed by atoms with Crippen LogP contribution in [0.5, 0.6) is 0 Å². The first-order valence-electron chi connectivity index (χ1n) is 10.5. The second-order valence-corrected chi connectivity index (χ2v) is 8.81. The number of hydrogen-bond acceptors (Lipinski definition) is 3. The molecule has 0 spiro atoms. The van der Waals surface area contributed by atoms with E-state index in [1.807, 2.05) is 11.0 Å². The summed E-state index contributed by atoms with van der Waals surface area (Å²) >= 11 is 0. The molecule has 1 heterocycles. The molecule has 6 heteroatoms. The lowest BCUT2D eigenvalue weighted by Crippen LogP contribution is -2.56. The third kappa shape index (κ3) is 4.22. The first-order valence-corrected chi connectivity index (χ1v) is 10.5. The lowest BCUT2D eigenvalue weighted by atomic mass is 9.84. The van der Waals surface area contributed by atoms with E-state index in [0.29, 0.717) is 25.6 Å². The van der Waals surface area contributed by atoms with Crippen molar-refractivity contribution in [3.8, 4) is 0 Å². The molecule has 5 unspecified atom stereocenters. The smallest absolute Gasteiger partial charge is 0.237 e. The summed E-state index contributed by atoms with van der Waals surface area (Å²) in [7, 11) is 0. The first-order chi connectivity index (χ1) is 13.5. The Morgan fingerprint density at radius 1 is 1.36 bits per heavy atom. The molecule has 2 aliphatic carbocycles. The summed E-state index contributed by atoms with van der Waals surface area (Å²) in [5.41, 5.74) is 0.815. The minimum atomic E-state index is -0.510. The highest BCUT2D eigenvalue weighted by molar-refractivity contribution is 5.88. The van der Waals surface area contributed by atoms with Crippen molar-refractivity contribution in [2.24, 2.45) is 17.8 Å². The second-order valence-electron chi connectivity index (χ2n) is 8.81. The maximum Gasteiger partial charge on any atom is 0.237 e. The average Bonchev–Trinajstić information content (AvgIpc) is 3.28. The van der Waals surface area contributed by atoms with Gasteiger partial charge in [-0.1, -0.05) is 18.6 Å². The number of halogens is 1. The zero-order valence-corrected chi connectivity index (χ0v) is 16.5. The second kappa shape index (κ2) is 8.19. The quantitative estimate of drug-likeness (QED) is 0.788. The van der Waals surface area contributed by atoms with Crippen molar-refractivity contribution in [2.45, 2.75) is 57.7 Å². The summed E-state index contributed by atoms with van der Waals surface area (Å²) in [6.07, 6.45) is 5.33. The fraction of sp³-hybridized carbons (Fsp3) is 0.636. The number of carbonyl (C=O) groups excluding carboxylic acids is 2. The molecule has 2 amide bonds. The van der Waals surface area contributed by atoms with Crippen LogP contribution in [0.15, 0.2) is 24.3 Å². The van der Waals surface area contributed by atoms with Crippen molar-refractivity contribution in [3.63, 3.8) is 0 Å². The van der Waals surface area contributed by atoms with E-state index in [4.69, 9.17) is 0 Å². The van der Waals surface area contributed by atoms with Crippen LogP contribution in [0.3, 0.4) is 0 Å². The standard InChI is InChI=1S/C22H30FN3O2/c1-14(19-11-15-5-6-17(19)9-15)25-21(27)12-20-22(28)24-7-8-26(20)13-16-3-2-4-18(23)10-16/h2-4,10,14-15,17,19-20H,5-9,11-13H2,1H3,(H,24,28)(H,25,27). The van der Waals surface area contributed by atoms with Gasteiger partial charge in [-0.15, -0.1) is 0 Å². The van der Waals surface area contributed by atoms with Gasteiger partial charge >= 0.3 is 0 Å². The van der Waals surface area contributed by atoms with Crippen LogP contribution in [0.2, 0.25) is 0 Å². The van der Waals surface area contributed by atoms with E-state index < -0.39 is 6.04 Å². The van der Waals surface area contributed by atoms with Gasteiger partial charge in [0.15, 0.2) is 0 Å². The molecular formula is C22H30FN3O2. The molecule has 1 saturated heterocycles. The van der Waals surface area contributed by atoms with Crippen molar-refractivity contribution >= 4 is 11.8 Å². The zero-order chi connectivity index (χ0) is 19.7. The van der Waals surface area contributed by atoms with Crippen LogP contribution in [0.25, 0.3) is 0 Å². The van der Waals surface area contributed by atoms with E-state index >= 15 is 0 Å². The van der Waals surface area contributed by atoms with Crippen LogP contribution in [-0.2, 0) is 16.1 Å². The molecule has 0 aromatic heterocycles. The van der Waals surface area contributed by atoms with E-state index in [0.717, 1.165) is 17.4 Å². The zero-order valence-electron chi connectivity index (χ0n) is 16.5. The van der Waals surface area contributed by atoms with Crippen molar-refractivity contribution in [1.82, 2.24) is 15.5 Å². The maximum atomic E-state index is 13.5. The molecule has 3 aliphatic rings. The van der Waals surface area contributed by atoms with Crippen LogP contribution in [-0.4, -0.2) is 41.9 Å². The average molecular weight is 387 g/mol. The summed E-state index contributed by atoms with van der Waals surface area (Å²) in [5.74, 6) is 1.70.